The van der Waals surface area contributed by atoms with Gasteiger partial charge in [-0.1, -0.05) is 12.8 Å². The van der Waals surface area contributed by atoms with Crippen molar-refractivity contribution in [3.8, 4) is 6.07 Å². The maximum absolute atomic E-state index is 8.37. The molecule has 0 saturated carbocycles. The second-order valence-corrected chi connectivity index (χ2v) is 4.35. The van der Waals surface area contributed by atoms with Crippen molar-refractivity contribution in [2.75, 3.05) is 13.1 Å². The van der Waals surface area contributed by atoms with Gasteiger partial charge in [0.15, 0.2) is 0 Å². The average Bonchev–Trinajstić information content (AvgIpc) is 2.58. The van der Waals surface area contributed by atoms with Crippen molar-refractivity contribution < 1.29 is 0 Å². The summed E-state index contributed by atoms with van der Waals surface area (Å²) in [5.74, 6) is 0. The van der Waals surface area contributed by atoms with E-state index in [1.54, 1.807) is 0 Å². The van der Waals surface area contributed by atoms with E-state index in [1.165, 1.54) is 45.2 Å². The van der Waals surface area contributed by atoms with Crippen LogP contribution in [0.2, 0.25) is 0 Å². The largest absolute Gasteiger partial charge is 0.301 e. The molecule has 0 spiro atoms. The van der Waals surface area contributed by atoms with E-state index in [0.717, 1.165) is 18.9 Å². The van der Waals surface area contributed by atoms with Crippen LogP contribution < -0.4 is 0 Å². The van der Waals surface area contributed by atoms with Gasteiger partial charge in [0, 0.05) is 12.5 Å². The summed E-state index contributed by atoms with van der Waals surface area (Å²) >= 11 is 0. The zero-order valence-corrected chi connectivity index (χ0v) is 9.34. The van der Waals surface area contributed by atoms with Gasteiger partial charge < -0.3 is 4.90 Å². The summed E-state index contributed by atoms with van der Waals surface area (Å²) in [4.78, 5) is 2.60. The summed E-state index contributed by atoms with van der Waals surface area (Å²) in [5.41, 5.74) is 0. The van der Waals surface area contributed by atoms with Crippen LogP contribution >= 0.6 is 0 Å². The number of unbranched alkanes of at least 4 members (excludes halogenated alkanes) is 4. The van der Waals surface area contributed by atoms with Crippen LogP contribution in [-0.4, -0.2) is 24.0 Å². The molecule has 2 nitrogen and oxygen atoms in total. The summed E-state index contributed by atoms with van der Waals surface area (Å²) in [7, 11) is 0. The van der Waals surface area contributed by atoms with Gasteiger partial charge in [0.2, 0.25) is 0 Å². The van der Waals surface area contributed by atoms with Crippen LogP contribution in [0.5, 0.6) is 0 Å². The first-order valence-electron chi connectivity index (χ1n) is 5.95. The highest BCUT2D eigenvalue weighted by molar-refractivity contribution is 4.74. The summed E-state index contributed by atoms with van der Waals surface area (Å²) in [6, 6.07) is 3.01. The van der Waals surface area contributed by atoms with Crippen LogP contribution in [0.3, 0.4) is 0 Å². The monoisotopic (exact) mass is 194 g/mol. The van der Waals surface area contributed by atoms with Gasteiger partial charge in [0.1, 0.15) is 0 Å². The highest BCUT2D eigenvalue weighted by Gasteiger charge is 2.18. The number of nitrogens with zero attached hydrogens (tertiary/aromatic N) is 2. The molecule has 1 aliphatic rings. The Labute approximate surface area is 87.9 Å². The molecule has 0 N–H and O–H groups in total. The molecule has 1 rings (SSSR count). The smallest absolute Gasteiger partial charge is 0.0621 e. The third-order valence-electron chi connectivity index (χ3n) is 3.17. The summed E-state index contributed by atoms with van der Waals surface area (Å²) in [6.45, 7) is 4.91. The van der Waals surface area contributed by atoms with Gasteiger partial charge in [0.05, 0.1) is 6.07 Å². The van der Waals surface area contributed by atoms with Crippen LogP contribution in [0.15, 0.2) is 0 Å². The summed E-state index contributed by atoms with van der Waals surface area (Å²) in [6.07, 6.45) is 8.44. The minimum Gasteiger partial charge on any atom is -0.301 e. The van der Waals surface area contributed by atoms with Crippen molar-refractivity contribution in [1.82, 2.24) is 4.90 Å². The lowest BCUT2D eigenvalue weighted by atomic mass is 10.1. The Morgan fingerprint density at radius 2 is 2.07 bits per heavy atom. The van der Waals surface area contributed by atoms with Crippen LogP contribution in [0.1, 0.15) is 51.9 Å². The third kappa shape index (κ3) is 4.11. The lowest BCUT2D eigenvalue weighted by Gasteiger charge is -2.20. The predicted octanol–water partition coefficient (Wildman–Crippen LogP) is 2.94. The Balaban J connectivity index is 1.91. The normalized spacial score (nSPS) is 22.4. The van der Waals surface area contributed by atoms with Crippen molar-refractivity contribution in [2.24, 2.45) is 0 Å². The Bertz CT molecular complexity index is 183. The van der Waals surface area contributed by atoms with E-state index in [2.05, 4.69) is 17.9 Å². The van der Waals surface area contributed by atoms with E-state index in [1.807, 2.05) is 0 Å². The van der Waals surface area contributed by atoms with Gasteiger partial charge in [0.25, 0.3) is 0 Å². The van der Waals surface area contributed by atoms with E-state index in [9.17, 15) is 0 Å². The Morgan fingerprint density at radius 1 is 1.29 bits per heavy atom. The second kappa shape index (κ2) is 6.84. The minimum absolute atomic E-state index is 0.736. The summed E-state index contributed by atoms with van der Waals surface area (Å²) in [5, 5.41) is 8.37. The molecule has 0 aromatic rings. The third-order valence-corrected chi connectivity index (χ3v) is 3.17. The van der Waals surface area contributed by atoms with Crippen molar-refractivity contribution >= 4 is 0 Å². The lowest BCUT2D eigenvalue weighted by molar-refractivity contribution is 0.262. The van der Waals surface area contributed by atoms with E-state index >= 15 is 0 Å². The van der Waals surface area contributed by atoms with Crippen LogP contribution in [0.25, 0.3) is 0 Å². The first-order chi connectivity index (χ1) is 6.84. The van der Waals surface area contributed by atoms with Crippen LogP contribution in [-0.2, 0) is 0 Å². The van der Waals surface area contributed by atoms with Gasteiger partial charge >= 0.3 is 0 Å². The molecule has 1 aliphatic heterocycles. The molecule has 0 aliphatic carbocycles. The molecule has 0 aromatic heterocycles. The predicted molar refractivity (Wildman–Crippen MR) is 59.0 cm³/mol. The maximum atomic E-state index is 8.37. The fourth-order valence-corrected chi connectivity index (χ4v) is 2.20. The minimum atomic E-state index is 0.736. The first kappa shape index (κ1) is 11.5. The van der Waals surface area contributed by atoms with E-state index in [0.29, 0.717) is 0 Å². The summed E-state index contributed by atoms with van der Waals surface area (Å²) < 4.78 is 0. The number of hydrogen-bond acceptors (Lipinski definition) is 2. The van der Waals surface area contributed by atoms with Gasteiger partial charge in [-0.15, -0.1) is 0 Å². The number of nitriles is 1. The zero-order valence-electron chi connectivity index (χ0n) is 9.34. The molecule has 0 amide bonds. The molecule has 0 bridgehead atoms. The molecule has 1 fully saturated rings. The van der Waals surface area contributed by atoms with Crippen molar-refractivity contribution in [3.63, 3.8) is 0 Å². The van der Waals surface area contributed by atoms with Crippen molar-refractivity contribution in [1.29, 1.82) is 5.26 Å². The van der Waals surface area contributed by atoms with E-state index in [4.69, 9.17) is 5.26 Å². The molecule has 1 saturated heterocycles. The fraction of sp³-hybridized carbons (Fsp3) is 0.917. The van der Waals surface area contributed by atoms with Gasteiger partial charge in [-0.2, -0.15) is 5.26 Å². The Morgan fingerprint density at radius 3 is 2.71 bits per heavy atom. The molecule has 0 aromatic carbocycles. The van der Waals surface area contributed by atoms with Crippen LogP contribution in [0, 0.1) is 11.3 Å². The molecular weight excluding hydrogens is 172 g/mol. The van der Waals surface area contributed by atoms with Gasteiger partial charge in [-0.25, -0.2) is 0 Å². The molecular formula is C12H22N2. The van der Waals surface area contributed by atoms with Crippen LogP contribution in [0.4, 0.5) is 0 Å². The maximum Gasteiger partial charge on any atom is 0.0621 e. The lowest BCUT2D eigenvalue weighted by Crippen LogP contribution is -2.27. The highest BCUT2D eigenvalue weighted by atomic mass is 15.2. The average molecular weight is 194 g/mol. The van der Waals surface area contributed by atoms with Gasteiger partial charge in [-0.3, -0.25) is 0 Å². The van der Waals surface area contributed by atoms with E-state index in [-0.39, 0.29) is 0 Å². The molecule has 14 heavy (non-hydrogen) atoms. The fourth-order valence-electron chi connectivity index (χ4n) is 2.20. The Kier molecular flexibility index (Phi) is 5.63. The van der Waals surface area contributed by atoms with Crippen molar-refractivity contribution in [3.05, 3.63) is 0 Å². The zero-order chi connectivity index (χ0) is 10.2. The second-order valence-electron chi connectivity index (χ2n) is 4.35. The number of rotatable bonds is 6. The first-order valence-corrected chi connectivity index (χ1v) is 5.95. The molecule has 1 atom stereocenters. The Hall–Kier alpha value is -0.550. The molecule has 80 valence electrons. The SMILES string of the molecule is CC1CCCN1CCCCCCC#N. The molecule has 2 heteroatoms. The quantitative estimate of drug-likeness (QED) is 0.608. The number of likely N-dealkylation sites (tertiary alicyclic amines) is 1. The van der Waals surface area contributed by atoms with Crippen molar-refractivity contribution in [2.45, 2.75) is 57.9 Å². The molecule has 1 unspecified atom stereocenters. The molecule has 1 heterocycles. The standard InChI is InChI=1S/C12H22N2/c1-12-8-7-11-14(12)10-6-4-2-3-5-9-13/h12H,2-8,10-11H2,1H3. The number of hydrogen-bond donors (Lipinski definition) is 0. The molecule has 0 radical (unpaired) electrons. The highest BCUT2D eigenvalue weighted by Crippen LogP contribution is 2.17. The van der Waals surface area contributed by atoms with E-state index < -0.39 is 0 Å². The topological polar surface area (TPSA) is 27.0 Å². The van der Waals surface area contributed by atoms with Gasteiger partial charge in [-0.05, 0) is 45.7 Å².